The standard InChI is InChI=1S/C31H34ClN3O7S/c1-8-28(36)35(29(31(2,3)4)30(37)33-19-20-9-11-23(41-6)18-27(20)42-7)21-10-16-26(25(32)17-21)34-43(38,39)24-14-12-22(40-5)13-15-24/h1,9-18,29,34H,19H2,2-7H3,(H,33,37). The summed E-state index contributed by atoms with van der Waals surface area (Å²) in [7, 11) is 0.526. The van der Waals surface area contributed by atoms with Crippen molar-refractivity contribution < 1.29 is 32.2 Å². The number of hydrogen-bond acceptors (Lipinski definition) is 7. The van der Waals surface area contributed by atoms with Crippen LogP contribution in [0.1, 0.15) is 26.3 Å². The van der Waals surface area contributed by atoms with Crippen LogP contribution in [0.25, 0.3) is 0 Å². The number of ether oxygens (including phenoxy) is 3. The van der Waals surface area contributed by atoms with Crippen LogP contribution in [0.4, 0.5) is 11.4 Å². The summed E-state index contributed by atoms with van der Waals surface area (Å²) in [5.41, 5.74) is 0.174. The lowest BCUT2D eigenvalue weighted by Crippen LogP contribution is -2.55. The molecule has 3 aromatic rings. The average Bonchev–Trinajstić information content (AvgIpc) is 2.98. The number of sulfonamides is 1. The Balaban J connectivity index is 1.93. The Kier molecular flexibility index (Phi) is 10.6. The van der Waals surface area contributed by atoms with Crippen molar-refractivity contribution in [2.45, 2.75) is 38.3 Å². The first-order valence-electron chi connectivity index (χ1n) is 13.0. The van der Waals surface area contributed by atoms with Gasteiger partial charge in [0.15, 0.2) is 0 Å². The normalized spacial score (nSPS) is 12.0. The molecule has 2 N–H and O–H groups in total. The molecule has 0 aliphatic rings. The molecule has 0 radical (unpaired) electrons. The highest BCUT2D eigenvalue weighted by Gasteiger charge is 2.40. The fourth-order valence-corrected chi connectivity index (χ4v) is 5.68. The van der Waals surface area contributed by atoms with E-state index in [1.807, 2.05) is 0 Å². The van der Waals surface area contributed by atoms with E-state index in [4.69, 9.17) is 32.2 Å². The van der Waals surface area contributed by atoms with Gasteiger partial charge in [-0.25, -0.2) is 8.42 Å². The molecule has 12 heteroatoms. The molecule has 0 heterocycles. The number of rotatable bonds is 11. The average molecular weight is 628 g/mol. The van der Waals surface area contributed by atoms with Crippen molar-refractivity contribution in [1.82, 2.24) is 5.32 Å². The molecule has 3 aromatic carbocycles. The number of methoxy groups -OCH3 is 3. The summed E-state index contributed by atoms with van der Waals surface area (Å²) in [6.07, 6.45) is 5.52. The first-order chi connectivity index (χ1) is 20.2. The fourth-order valence-electron chi connectivity index (χ4n) is 4.32. The molecule has 1 unspecified atom stereocenters. The number of nitrogens with zero attached hydrogens (tertiary/aromatic N) is 1. The number of terminal acetylenes is 1. The van der Waals surface area contributed by atoms with E-state index in [-0.39, 0.29) is 27.8 Å². The van der Waals surface area contributed by atoms with Gasteiger partial charge in [-0.3, -0.25) is 19.2 Å². The van der Waals surface area contributed by atoms with Crippen molar-refractivity contribution >= 4 is 44.8 Å². The van der Waals surface area contributed by atoms with Crippen LogP contribution in [0.5, 0.6) is 17.2 Å². The summed E-state index contributed by atoms with van der Waals surface area (Å²) in [5.74, 6) is 2.44. The first kappa shape index (κ1) is 33.1. The van der Waals surface area contributed by atoms with Crippen molar-refractivity contribution in [1.29, 1.82) is 0 Å². The van der Waals surface area contributed by atoms with Crippen LogP contribution in [-0.4, -0.2) is 47.6 Å². The zero-order chi connectivity index (χ0) is 31.9. The predicted molar refractivity (Wildman–Crippen MR) is 166 cm³/mol. The van der Waals surface area contributed by atoms with E-state index in [0.29, 0.717) is 22.8 Å². The van der Waals surface area contributed by atoms with E-state index in [1.165, 1.54) is 68.7 Å². The van der Waals surface area contributed by atoms with Crippen LogP contribution >= 0.6 is 11.6 Å². The largest absolute Gasteiger partial charge is 0.497 e. The molecule has 0 aromatic heterocycles. The minimum atomic E-state index is -4.00. The maximum absolute atomic E-state index is 13.7. The molecule has 0 saturated carbocycles. The van der Waals surface area contributed by atoms with Crippen molar-refractivity contribution in [3.63, 3.8) is 0 Å². The predicted octanol–water partition coefficient (Wildman–Crippen LogP) is 4.86. The maximum Gasteiger partial charge on any atom is 0.303 e. The fraction of sp³-hybridized carbons (Fsp3) is 0.290. The lowest BCUT2D eigenvalue weighted by Gasteiger charge is -2.38. The van der Waals surface area contributed by atoms with Gasteiger partial charge >= 0.3 is 5.91 Å². The number of hydrogen-bond donors (Lipinski definition) is 2. The second kappa shape index (κ2) is 13.7. The molecule has 0 bridgehead atoms. The molecule has 3 rings (SSSR count). The zero-order valence-electron chi connectivity index (χ0n) is 24.7. The monoisotopic (exact) mass is 627 g/mol. The second-order valence-electron chi connectivity index (χ2n) is 10.4. The molecule has 43 heavy (non-hydrogen) atoms. The molecule has 0 aliphatic heterocycles. The van der Waals surface area contributed by atoms with E-state index in [1.54, 1.807) is 39.0 Å². The lowest BCUT2D eigenvalue weighted by atomic mass is 9.84. The van der Waals surface area contributed by atoms with Gasteiger partial charge in [0.25, 0.3) is 10.0 Å². The number of halogens is 1. The molecular weight excluding hydrogens is 594 g/mol. The Hall–Kier alpha value is -4.40. The molecule has 0 spiro atoms. The van der Waals surface area contributed by atoms with E-state index in [2.05, 4.69) is 16.0 Å². The van der Waals surface area contributed by atoms with Crippen LogP contribution in [0.15, 0.2) is 65.6 Å². The van der Waals surface area contributed by atoms with Crippen LogP contribution in [-0.2, 0) is 26.2 Å². The summed E-state index contributed by atoms with van der Waals surface area (Å²) in [6, 6.07) is 14.2. The number of anilines is 2. The number of benzene rings is 3. The Bertz CT molecular complexity index is 1630. The highest BCUT2D eigenvalue weighted by Crippen LogP contribution is 2.35. The van der Waals surface area contributed by atoms with Gasteiger partial charge in [-0.05, 0) is 65.9 Å². The number of nitrogens with one attached hydrogen (secondary N) is 2. The molecule has 1 atom stereocenters. The van der Waals surface area contributed by atoms with Crippen LogP contribution in [0.3, 0.4) is 0 Å². The van der Waals surface area contributed by atoms with Crippen molar-refractivity contribution in [2.75, 3.05) is 31.0 Å². The summed E-state index contributed by atoms with van der Waals surface area (Å²) >= 11 is 6.50. The summed E-state index contributed by atoms with van der Waals surface area (Å²) in [4.78, 5) is 28.0. The van der Waals surface area contributed by atoms with Gasteiger partial charge in [-0.1, -0.05) is 32.4 Å². The number of carbonyl (C=O) groups excluding carboxylic acids is 2. The SMILES string of the molecule is C#CC(=O)N(c1ccc(NS(=O)(=O)c2ccc(OC)cc2)c(Cl)c1)C(C(=O)NCc1ccc(OC)cc1OC)C(C)(C)C. The van der Waals surface area contributed by atoms with Crippen LogP contribution in [0.2, 0.25) is 5.02 Å². The second-order valence-corrected chi connectivity index (χ2v) is 12.5. The molecule has 10 nitrogen and oxygen atoms in total. The van der Waals surface area contributed by atoms with Crippen LogP contribution < -0.4 is 29.1 Å². The van der Waals surface area contributed by atoms with Gasteiger partial charge < -0.3 is 19.5 Å². The van der Waals surface area contributed by atoms with E-state index >= 15 is 0 Å². The third-order valence-electron chi connectivity index (χ3n) is 6.46. The smallest absolute Gasteiger partial charge is 0.303 e. The number of carbonyl (C=O) groups is 2. The van der Waals surface area contributed by atoms with Crippen molar-refractivity contribution in [2.24, 2.45) is 5.41 Å². The summed E-state index contributed by atoms with van der Waals surface area (Å²) < 4.78 is 44.1. The Morgan fingerprint density at radius 3 is 2.12 bits per heavy atom. The quantitative estimate of drug-likeness (QED) is 0.291. The van der Waals surface area contributed by atoms with E-state index in [9.17, 15) is 18.0 Å². The first-order valence-corrected chi connectivity index (χ1v) is 14.9. The summed E-state index contributed by atoms with van der Waals surface area (Å²) in [5, 5.41) is 2.86. The van der Waals surface area contributed by atoms with Crippen LogP contribution in [0, 0.1) is 17.8 Å². The highest BCUT2D eigenvalue weighted by atomic mass is 35.5. The van der Waals surface area contributed by atoms with Crippen molar-refractivity contribution in [3.05, 3.63) is 71.2 Å². The molecule has 2 amide bonds. The van der Waals surface area contributed by atoms with Gasteiger partial charge in [-0.2, -0.15) is 0 Å². The third-order valence-corrected chi connectivity index (χ3v) is 8.16. The molecule has 0 saturated heterocycles. The lowest BCUT2D eigenvalue weighted by molar-refractivity contribution is -0.127. The van der Waals surface area contributed by atoms with Crippen molar-refractivity contribution in [3.8, 4) is 29.6 Å². The zero-order valence-corrected chi connectivity index (χ0v) is 26.3. The Morgan fingerprint density at radius 2 is 1.58 bits per heavy atom. The Morgan fingerprint density at radius 1 is 0.953 bits per heavy atom. The third kappa shape index (κ3) is 7.91. The Labute approximate surface area is 257 Å². The molecule has 0 aliphatic carbocycles. The van der Waals surface area contributed by atoms with Gasteiger partial charge in [0, 0.05) is 23.9 Å². The van der Waals surface area contributed by atoms with E-state index < -0.39 is 33.3 Å². The minimum Gasteiger partial charge on any atom is -0.497 e. The van der Waals surface area contributed by atoms with E-state index in [0.717, 1.165) is 0 Å². The topological polar surface area (TPSA) is 123 Å². The van der Waals surface area contributed by atoms with Gasteiger partial charge in [-0.15, -0.1) is 6.42 Å². The maximum atomic E-state index is 13.7. The molecule has 0 fully saturated rings. The molecular formula is C31H34ClN3O7S. The minimum absolute atomic E-state index is 0.00413. The van der Waals surface area contributed by atoms with Gasteiger partial charge in [0.05, 0.1) is 36.9 Å². The summed E-state index contributed by atoms with van der Waals surface area (Å²) in [6.45, 7) is 5.48. The van der Waals surface area contributed by atoms with Gasteiger partial charge in [0.1, 0.15) is 23.3 Å². The highest BCUT2D eigenvalue weighted by molar-refractivity contribution is 7.92. The number of amides is 2. The van der Waals surface area contributed by atoms with Gasteiger partial charge in [0.2, 0.25) is 5.91 Å². The molecule has 228 valence electrons.